The maximum absolute atomic E-state index is 13.7. The summed E-state index contributed by atoms with van der Waals surface area (Å²) in [5.74, 6) is 1.69. The summed E-state index contributed by atoms with van der Waals surface area (Å²) in [4.78, 5) is 2.32. The highest BCUT2D eigenvalue weighted by atomic mass is 19.1. The van der Waals surface area contributed by atoms with Gasteiger partial charge in [-0.3, -0.25) is 0 Å². The molecule has 1 N–H and O–H groups in total. The molecule has 0 amide bonds. The van der Waals surface area contributed by atoms with Gasteiger partial charge >= 0.3 is 0 Å². The molecule has 33 heavy (non-hydrogen) atoms. The molecule has 3 rings (SSSR count). The molecule has 2 aromatic carbocycles. The Kier molecular flexibility index (Phi) is 8.77. The second-order valence-corrected chi connectivity index (χ2v) is 9.87. The minimum Gasteiger partial charge on any atom is -0.493 e. The van der Waals surface area contributed by atoms with Gasteiger partial charge in [0.25, 0.3) is 0 Å². The van der Waals surface area contributed by atoms with Gasteiger partial charge in [-0.1, -0.05) is 26.0 Å². The van der Waals surface area contributed by atoms with Crippen molar-refractivity contribution in [3.63, 3.8) is 0 Å². The minimum atomic E-state index is -0.743. The van der Waals surface area contributed by atoms with Crippen molar-refractivity contribution < 1.29 is 19.0 Å². The number of methoxy groups -OCH3 is 2. The van der Waals surface area contributed by atoms with Crippen LogP contribution in [0.1, 0.15) is 62.1 Å². The molecule has 2 atom stereocenters. The summed E-state index contributed by atoms with van der Waals surface area (Å²) < 4.78 is 24.4. The Morgan fingerprint density at radius 1 is 1.06 bits per heavy atom. The number of ether oxygens (including phenoxy) is 2. The molecule has 5 heteroatoms. The summed E-state index contributed by atoms with van der Waals surface area (Å²) in [5, 5.41) is 11.6. The first-order chi connectivity index (χ1) is 15.8. The summed E-state index contributed by atoms with van der Waals surface area (Å²) in [6.45, 7) is 6.17. The van der Waals surface area contributed by atoms with Gasteiger partial charge in [0.2, 0.25) is 0 Å². The van der Waals surface area contributed by atoms with Gasteiger partial charge in [-0.25, -0.2) is 4.39 Å². The van der Waals surface area contributed by atoms with E-state index < -0.39 is 5.60 Å². The second-order valence-electron chi connectivity index (χ2n) is 9.87. The third kappa shape index (κ3) is 6.27. The zero-order valence-electron chi connectivity index (χ0n) is 20.9. The van der Waals surface area contributed by atoms with E-state index in [0.29, 0.717) is 12.3 Å². The van der Waals surface area contributed by atoms with Gasteiger partial charge in [-0.15, -0.1) is 0 Å². The van der Waals surface area contributed by atoms with Crippen LogP contribution in [0.2, 0.25) is 0 Å². The average Bonchev–Trinajstić information content (AvgIpc) is 2.80. The fourth-order valence-corrected chi connectivity index (χ4v) is 5.39. The van der Waals surface area contributed by atoms with Crippen LogP contribution < -0.4 is 9.47 Å². The fourth-order valence-electron chi connectivity index (χ4n) is 5.39. The van der Waals surface area contributed by atoms with Gasteiger partial charge in [0.15, 0.2) is 11.5 Å². The third-order valence-corrected chi connectivity index (χ3v) is 7.14. The number of hydrogen-bond acceptors (Lipinski definition) is 4. The lowest BCUT2D eigenvalue weighted by atomic mass is 9.66. The number of hydrogen-bond donors (Lipinski definition) is 1. The molecule has 182 valence electrons. The lowest BCUT2D eigenvalue weighted by molar-refractivity contribution is -0.0301. The van der Waals surface area contributed by atoms with Gasteiger partial charge in [-0.2, -0.15) is 0 Å². The summed E-state index contributed by atoms with van der Waals surface area (Å²) in [6.07, 6.45) is 5.36. The highest BCUT2D eigenvalue weighted by molar-refractivity contribution is 5.43. The highest BCUT2D eigenvalue weighted by Gasteiger charge is 2.43. The first-order valence-electron chi connectivity index (χ1n) is 12.2. The Labute approximate surface area is 198 Å². The largest absolute Gasteiger partial charge is 0.493 e. The quantitative estimate of drug-likeness (QED) is 0.446. The molecule has 0 saturated carbocycles. The van der Waals surface area contributed by atoms with E-state index in [1.54, 1.807) is 20.3 Å². The highest BCUT2D eigenvalue weighted by Crippen LogP contribution is 2.45. The molecule has 1 aliphatic carbocycles. The summed E-state index contributed by atoms with van der Waals surface area (Å²) in [6, 6.07) is 11.2. The SMILES string of the molecule is COc1ccc(CCCCN(C)CCC2(O)CCc3cc(F)ccc3C2C(C)C)cc1OC. The van der Waals surface area contributed by atoms with Crippen LogP contribution in [0.25, 0.3) is 0 Å². The number of rotatable bonds is 11. The van der Waals surface area contributed by atoms with Crippen LogP contribution in [-0.2, 0) is 12.8 Å². The number of halogens is 1. The fraction of sp³-hybridized carbons (Fsp3) is 0.571. The van der Waals surface area contributed by atoms with Gasteiger partial charge in [0, 0.05) is 12.5 Å². The number of benzene rings is 2. The number of fused-ring (bicyclic) bond motifs is 1. The molecule has 2 aromatic rings. The summed E-state index contributed by atoms with van der Waals surface area (Å²) >= 11 is 0. The van der Waals surface area contributed by atoms with E-state index in [-0.39, 0.29) is 11.7 Å². The Hall–Kier alpha value is -2.11. The van der Waals surface area contributed by atoms with Crippen molar-refractivity contribution in [2.75, 3.05) is 34.4 Å². The minimum absolute atomic E-state index is 0.0419. The number of aliphatic hydroxyl groups is 1. The molecule has 0 spiro atoms. The maximum atomic E-state index is 13.7. The molecular formula is C28H40FNO3. The smallest absolute Gasteiger partial charge is 0.160 e. The standard InChI is InChI=1S/C28H40FNO3/c1-20(2)27-24-11-10-23(29)19-22(24)13-14-28(27,31)15-17-30(3)16-7-6-8-21-9-12-25(32-4)26(18-21)33-5/h9-12,18-20,27,31H,6-8,13-17H2,1-5H3. The van der Waals surface area contributed by atoms with Crippen LogP contribution in [0, 0.1) is 11.7 Å². The van der Waals surface area contributed by atoms with Crippen LogP contribution in [-0.4, -0.2) is 50.0 Å². The van der Waals surface area contributed by atoms with Gasteiger partial charge in [0.05, 0.1) is 19.8 Å². The van der Waals surface area contributed by atoms with Crippen molar-refractivity contribution in [1.29, 1.82) is 0 Å². The summed E-state index contributed by atoms with van der Waals surface area (Å²) in [7, 11) is 5.45. The van der Waals surface area contributed by atoms with Crippen LogP contribution >= 0.6 is 0 Å². The lowest BCUT2D eigenvalue weighted by Gasteiger charge is -2.44. The van der Waals surface area contributed by atoms with Crippen molar-refractivity contribution in [3.8, 4) is 11.5 Å². The molecular weight excluding hydrogens is 417 g/mol. The molecule has 0 bridgehead atoms. The van der Waals surface area contributed by atoms with Crippen molar-refractivity contribution in [3.05, 3.63) is 58.9 Å². The zero-order chi connectivity index (χ0) is 24.0. The molecule has 0 fully saturated rings. The van der Waals surface area contributed by atoms with Crippen molar-refractivity contribution in [2.45, 2.75) is 63.9 Å². The van der Waals surface area contributed by atoms with Crippen LogP contribution in [0.3, 0.4) is 0 Å². The number of aryl methyl sites for hydroxylation is 2. The van der Waals surface area contributed by atoms with E-state index in [1.165, 1.54) is 11.6 Å². The van der Waals surface area contributed by atoms with Crippen LogP contribution in [0.4, 0.5) is 4.39 Å². The average molecular weight is 458 g/mol. The monoisotopic (exact) mass is 457 g/mol. The van der Waals surface area contributed by atoms with E-state index in [0.717, 1.165) is 67.8 Å². The zero-order valence-corrected chi connectivity index (χ0v) is 20.9. The van der Waals surface area contributed by atoms with Gasteiger partial charge < -0.3 is 19.5 Å². The topological polar surface area (TPSA) is 41.9 Å². The Morgan fingerprint density at radius 3 is 2.52 bits per heavy atom. The van der Waals surface area contributed by atoms with E-state index in [1.807, 2.05) is 12.1 Å². The molecule has 0 saturated heterocycles. The number of unbranched alkanes of at least 4 members (excludes halogenated alkanes) is 1. The van der Waals surface area contributed by atoms with Crippen LogP contribution in [0.5, 0.6) is 11.5 Å². The van der Waals surface area contributed by atoms with Gasteiger partial charge in [0.1, 0.15) is 5.82 Å². The Balaban J connectivity index is 1.50. The third-order valence-electron chi connectivity index (χ3n) is 7.14. The van der Waals surface area contributed by atoms with Gasteiger partial charge in [-0.05, 0) is 99.0 Å². The Bertz CT molecular complexity index is 916. The van der Waals surface area contributed by atoms with Crippen molar-refractivity contribution in [2.24, 2.45) is 5.92 Å². The van der Waals surface area contributed by atoms with Crippen LogP contribution in [0.15, 0.2) is 36.4 Å². The first-order valence-corrected chi connectivity index (χ1v) is 12.2. The number of nitrogens with zero attached hydrogens (tertiary/aromatic N) is 1. The lowest BCUT2D eigenvalue weighted by Crippen LogP contribution is -2.45. The molecule has 0 radical (unpaired) electrons. The Morgan fingerprint density at radius 2 is 1.82 bits per heavy atom. The van der Waals surface area contributed by atoms with E-state index >= 15 is 0 Å². The van der Waals surface area contributed by atoms with Crippen molar-refractivity contribution >= 4 is 0 Å². The molecule has 4 nitrogen and oxygen atoms in total. The predicted octanol–water partition coefficient (Wildman–Crippen LogP) is 5.60. The normalized spacial score (nSPS) is 20.2. The molecule has 0 aromatic heterocycles. The second kappa shape index (κ2) is 11.3. The summed E-state index contributed by atoms with van der Waals surface area (Å²) in [5.41, 5.74) is 2.69. The molecule has 2 unspecified atom stereocenters. The van der Waals surface area contributed by atoms with E-state index in [9.17, 15) is 9.50 Å². The van der Waals surface area contributed by atoms with E-state index in [2.05, 4.69) is 37.9 Å². The predicted molar refractivity (Wildman–Crippen MR) is 132 cm³/mol. The molecule has 1 aliphatic rings. The molecule has 0 heterocycles. The first kappa shape index (κ1) is 25.5. The molecule has 0 aliphatic heterocycles. The van der Waals surface area contributed by atoms with E-state index in [4.69, 9.17) is 9.47 Å². The maximum Gasteiger partial charge on any atom is 0.160 e. The van der Waals surface area contributed by atoms with Crippen molar-refractivity contribution in [1.82, 2.24) is 4.90 Å².